The Balaban J connectivity index is 2.45. The van der Waals surface area contributed by atoms with Gasteiger partial charge in [-0.25, -0.2) is 0 Å². The van der Waals surface area contributed by atoms with Gasteiger partial charge in [-0.15, -0.1) is 0 Å². The Morgan fingerprint density at radius 3 is 2.60 bits per heavy atom. The number of alkyl halides is 3. The zero-order chi connectivity index (χ0) is 18.6. The van der Waals surface area contributed by atoms with Gasteiger partial charge in [0.2, 0.25) is 0 Å². The highest BCUT2D eigenvalue weighted by Gasteiger charge is 2.35. The third-order valence-corrected chi connectivity index (χ3v) is 3.62. The zero-order valence-corrected chi connectivity index (χ0v) is 13.8. The summed E-state index contributed by atoms with van der Waals surface area (Å²) in [5.41, 5.74) is -1.17. The van der Waals surface area contributed by atoms with Crippen molar-refractivity contribution < 1.29 is 32.3 Å². The van der Waals surface area contributed by atoms with E-state index in [1.807, 2.05) is 6.92 Å². The van der Waals surface area contributed by atoms with Gasteiger partial charge in [-0.2, -0.15) is 13.2 Å². The van der Waals surface area contributed by atoms with Gasteiger partial charge in [0.25, 0.3) is 0 Å². The predicted molar refractivity (Wildman–Crippen MR) is 83.4 cm³/mol. The summed E-state index contributed by atoms with van der Waals surface area (Å²) in [5.74, 6) is -1.95. The van der Waals surface area contributed by atoms with Gasteiger partial charge in [0, 0.05) is 11.6 Å². The van der Waals surface area contributed by atoms with Crippen molar-refractivity contribution in [3.05, 3.63) is 35.6 Å². The molecule has 2 aromatic rings. The fourth-order valence-electron chi connectivity index (χ4n) is 2.37. The fourth-order valence-corrected chi connectivity index (χ4v) is 2.37. The second-order valence-electron chi connectivity index (χ2n) is 5.47. The Morgan fingerprint density at radius 2 is 2.04 bits per heavy atom. The van der Waals surface area contributed by atoms with Crippen LogP contribution in [0.25, 0.3) is 11.3 Å². The van der Waals surface area contributed by atoms with Crippen molar-refractivity contribution in [2.45, 2.75) is 38.8 Å². The molecule has 1 heterocycles. The number of aliphatic carboxylic acids is 1. The lowest BCUT2D eigenvalue weighted by molar-refractivity contribution is -0.139. The molecule has 1 N–H and O–H groups in total. The van der Waals surface area contributed by atoms with E-state index in [2.05, 4.69) is 5.16 Å². The monoisotopic (exact) mass is 357 g/mol. The van der Waals surface area contributed by atoms with Crippen LogP contribution < -0.4 is 4.74 Å². The van der Waals surface area contributed by atoms with Gasteiger partial charge < -0.3 is 14.4 Å². The Hall–Kier alpha value is -2.51. The van der Waals surface area contributed by atoms with Crippen LogP contribution >= 0.6 is 0 Å². The van der Waals surface area contributed by atoms with Crippen molar-refractivity contribution in [3.63, 3.8) is 0 Å². The van der Waals surface area contributed by atoms with Crippen LogP contribution in [0.4, 0.5) is 13.2 Å². The molecule has 8 heteroatoms. The second kappa shape index (κ2) is 7.58. The maximum absolute atomic E-state index is 13.4. The minimum atomic E-state index is -4.61. The number of halogens is 3. The van der Waals surface area contributed by atoms with E-state index in [1.165, 1.54) is 18.2 Å². The molecule has 1 aromatic heterocycles. The molecule has 0 aliphatic carbocycles. The van der Waals surface area contributed by atoms with Gasteiger partial charge in [0.15, 0.2) is 5.76 Å². The van der Waals surface area contributed by atoms with Gasteiger partial charge in [-0.3, -0.25) is 4.79 Å². The van der Waals surface area contributed by atoms with E-state index in [9.17, 15) is 18.0 Å². The van der Waals surface area contributed by atoms with E-state index in [4.69, 9.17) is 14.4 Å². The third-order valence-electron chi connectivity index (χ3n) is 3.62. The zero-order valence-electron chi connectivity index (χ0n) is 13.8. The Kier molecular flexibility index (Phi) is 5.71. The van der Waals surface area contributed by atoms with Crippen molar-refractivity contribution in [2.24, 2.45) is 0 Å². The number of carboxylic acids is 1. The first-order chi connectivity index (χ1) is 11.8. The lowest BCUT2D eigenvalue weighted by atomic mass is 10.00. The van der Waals surface area contributed by atoms with Crippen LogP contribution in [-0.2, 0) is 11.0 Å². The summed E-state index contributed by atoms with van der Waals surface area (Å²) in [4.78, 5) is 11.2. The molecule has 0 aliphatic heterocycles. The highest BCUT2D eigenvalue weighted by Crippen LogP contribution is 2.39. The number of ether oxygens (including phenoxy) is 1. The molecule has 1 aromatic carbocycles. The standard InChI is InChI=1S/C17H18F3NO4/c1-3-7-24-10-5-6-12(13(8-10)17(18,19)20)14-9-15(25-21-14)11(4-2)16(22)23/h5-6,8-9,11H,3-4,7H2,1-2H3,(H,22,23). The van der Waals surface area contributed by atoms with Crippen LogP contribution in [0.3, 0.4) is 0 Å². The lowest BCUT2D eigenvalue weighted by Crippen LogP contribution is -2.09. The molecule has 1 atom stereocenters. The minimum absolute atomic E-state index is 0.0180. The molecule has 0 amide bonds. The summed E-state index contributed by atoms with van der Waals surface area (Å²) in [6, 6.07) is 4.81. The van der Waals surface area contributed by atoms with Crippen LogP contribution in [-0.4, -0.2) is 22.8 Å². The molecule has 0 aliphatic rings. The smallest absolute Gasteiger partial charge is 0.417 e. The molecular weight excluding hydrogens is 339 g/mol. The molecule has 0 fully saturated rings. The topological polar surface area (TPSA) is 72.6 Å². The number of benzene rings is 1. The summed E-state index contributed by atoms with van der Waals surface area (Å²) in [6.45, 7) is 3.80. The molecule has 0 bridgehead atoms. The van der Waals surface area contributed by atoms with Crippen LogP contribution in [0.2, 0.25) is 0 Å². The highest BCUT2D eigenvalue weighted by molar-refractivity contribution is 5.76. The lowest BCUT2D eigenvalue weighted by Gasteiger charge is -2.13. The molecule has 5 nitrogen and oxygen atoms in total. The van der Waals surface area contributed by atoms with Gasteiger partial charge in [-0.1, -0.05) is 19.0 Å². The van der Waals surface area contributed by atoms with E-state index in [-0.39, 0.29) is 29.2 Å². The van der Waals surface area contributed by atoms with Crippen LogP contribution in [0.1, 0.15) is 43.9 Å². The van der Waals surface area contributed by atoms with Gasteiger partial charge in [-0.05, 0) is 31.0 Å². The molecule has 136 valence electrons. The number of carboxylic acid groups (broad SMARTS) is 1. The number of rotatable bonds is 7. The molecule has 0 saturated heterocycles. The summed E-state index contributed by atoms with van der Waals surface area (Å²) in [7, 11) is 0. The van der Waals surface area contributed by atoms with Crippen LogP contribution in [0.5, 0.6) is 5.75 Å². The normalized spacial score (nSPS) is 12.8. The first kappa shape index (κ1) is 18.8. The Labute approximate surface area is 142 Å². The maximum atomic E-state index is 13.4. The predicted octanol–water partition coefficient (Wildman–Crippen LogP) is 4.73. The largest absolute Gasteiger partial charge is 0.494 e. The van der Waals surface area contributed by atoms with Gasteiger partial charge in [0.05, 0.1) is 12.2 Å². The highest BCUT2D eigenvalue weighted by atomic mass is 19.4. The molecule has 0 radical (unpaired) electrons. The van der Waals surface area contributed by atoms with Crippen molar-refractivity contribution in [1.82, 2.24) is 5.16 Å². The summed E-state index contributed by atoms with van der Waals surface area (Å²) in [6.07, 6.45) is -3.71. The average molecular weight is 357 g/mol. The van der Waals surface area contributed by atoms with Crippen molar-refractivity contribution in [1.29, 1.82) is 0 Å². The second-order valence-corrected chi connectivity index (χ2v) is 5.47. The Morgan fingerprint density at radius 1 is 1.32 bits per heavy atom. The van der Waals surface area contributed by atoms with E-state index < -0.39 is 23.6 Å². The molecular formula is C17H18F3NO4. The number of hydrogen-bond acceptors (Lipinski definition) is 4. The quantitative estimate of drug-likeness (QED) is 0.776. The molecule has 0 saturated carbocycles. The maximum Gasteiger partial charge on any atom is 0.417 e. The SMILES string of the molecule is CCCOc1ccc(-c2cc(C(CC)C(=O)O)on2)c(C(F)(F)F)c1. The Bertz CT molecular complexity index is 740. The molecule has 2 rings (SSSR count). The van der Waals surface area contributed by atoms with Crippen LogP contribution in [0.15, 0.2) is 28.8 Å². The first-order valence-corrected chi connectivity index (χ1v) is 7.81. The minimum Gasteiger partial charge on any atom is -0.494 e. The van der Waals surface area contributed by atoms with Crippen molar-refractivity contribution >= 4 is 5.97 Å². The van der Waals surface area contributed by atoms with E-state index >= 15 is 0 Å². The number of nitrogens with zero attached hydrogens (tertiary/aromatic N) is 1. The van der Waals surface area contributed by atoms with E-state index in [0.29, 0.717) is 13.0 Å². The van der Waals surface area contributed by atoms with Crippen molar-refractivity contribution in [2.75, 3.05) is 6.61 Å². The first-order valence-electron chi connectivity index (χ1n) is 7.81. The molecule has 0 spiro atoms. The van der Waals surface area contributed by atoms with Gasteiger partial charge in [0.1, 0.15) is 17.4 Å². The number of carbonyl (C=O) groups is 1. The summed E-state index contributed by atoms with van der Waals surface area (Å²) >= 11 is 0. The summed E-state index contributed by atoms with van der Waals surface area (Å²) < 4.78 is 50.4. The number of hydrogen-bond donors (Lipinski definition) is 1. The molecule has 1 unspecified atom stereocenters. The van der Waals surface area contributed by atoms with Crippen LogP contribution in [0, 0.1) is 0 Å². The van der Waals surface area contributed by atoms with Gasteiger partial charge >= 0.3 is 12.1 Å². The van der Waals surface area contributed by atoms with Crippen molar-refractivity contribution in [3.8, 4) is 17.0 Å². The summed E-state index contributed by atoms with van der Waals surface area (Å²) in [5, 5.41) is 12.7. The fraction of sp³-hybridized carbons (Fsp3) is 0.412. The third kappa shape index (κ3) is 4.32. The van der Waals surface area contributed by atoms with E-state index in [0.717, 1.165) is 6.07 Å². The number of aromatic nitrogens is 1. The molecule has 25 heavy (non-hydrogen) atoms. The average Bonchev–Trinajstić information content (AvgIpc) is 3.01. The van der Waals surface area contributed by atoms with E-state index in [1.54, 1.807) is 6.92 Å².